The van der Waals surface area contributed by atoms with Gasteiger partial charge in [0.25, 0.3) is 5.91 Å². The summed E-state index contributed by atoms with van der Waals surface area (Å²) in [6.45, 7) is 6.41. The SMILES string of the molecule is Cc1ccc(C(=O)NOCC(C)C)cc1N. The van der Waals surface area contributed by atoms with Crippen molar-refractivity contribution in [1.29, 1.82) is 0 Å². The summed E-state index contributed by atoms with van der Waals surface area (Å²) in [4.78, 5) is 16.6. The molecule has 88 valence electrons. The number of nitrogen functional groups attached to an aromatic ring is 1. The van der Waals surface area contributed by atoms with Crippen molar-refractivity contribution in [1.82, 2.24) is 5.48 Å². The van der Waals surface area contributed by atoms with Gasteiger partial charge in [-0.1, -0.05) is 19.9 Å². The third kappa shape index (κ3) is 3.55. The molecule has 0 spiro atoms. The summed E-state index contributed by atoms with van der Waals surface area (Å²) in [6, 6.07) is 5.18. The monoisotopic (exact) mass is 222 g/mol. The Balaban J connectivity index is 2.56. The Labute approximate surface area is 95.7 Å². The molecule has 1 aromatic rings. The number of carbonyl (C=O) groups is 1. The fourth-order valence-corrected chi connectivity index (χ4v) is 1.11. The zero-order chi connectivity index (χ0) is 12.1. The number of nitrogens with two attached hydrogens (primary N) is 1. The van der Waals surface area contributed by atoms with Crippen molar-refractivity contribution in [2.45, 2.75) is 20.8 Å². The lowest BCUT2D eigenvalue weighted by atomic mass is 10.1. The number of hydrogen-bond donors (Lipinski definition) is 2. The highest BCUT2D eigenvalue weighted by molar-refractivity contribution is 5.94. The van der Waals surface area contributed by atoms with Crippen molar-refractivity contribution in [3.8, 4) is 0 Å². The lowest BCUT2D eigenvalue weighted by Gasteiger charge is -2.08. The van der Waals surface area contributed by atoms with Crippen LogP contribution in [0.1, 0.15) is 29.8 Å². The number of hydroxylamine groups is 1. The number of amides is 1. The van der Waals surface area contributed by atoms with Gasteiger partial charge >= 0.3 is 0 Å². The molecule has 4 nitrogen and oxygen atoms in total. The Morgan fingerprint density at radius 3 is 2.75 bits per heavy atom. The van der Waals surface area contributed by atoms with Crippen LogP contribution in [0.2, 0.25) is 0 Å². The summed E-state index contributed by atoms with van der Waals surface area (Å²) in [6.07, 6.45) is 0. The summed E-state index contributed by atoms with van der Waals surface area (Å²) >= 11 is 0. The molecule has 0 unspecified atom stereocenters. The Hall–Kier alpha value is -1.55. The highest BCUT2D eigenvalue weighted by Crippen LogP contribution is 2.12. The zero-order valence-electron chi connectivity index (χ0n) is 9.91. The number of rotatable bonds is 4. The molecule has 1 aromatic carbocycles. The smallest absolute Gasteiger partial charge is 0.274 e. The predicted octanol–water partition coefficient (Wildman–Crippen LogP) is 1.89. The third-order valence-electron chi connectivity index (χ3n) is 2.12. The molecule has 1 rings (SSSR count). The maximum atomic E-state index is 11.6. The molecule has 0 saturated heterocycles. The Bertz CT molecular complexity index is 375. The Morgan fingerprint density at radius 2 is 2.19 bits per heavy atom. The number of aryl methyl sites for hydroxylation is 1. The van der Waals surface area contributed by atoms with Crippen molar-refractivity contribution in [3.05, 3.63) is 29.3 Å². The fraction of sp³-hybridized carbons (Fsp3) is 0.417. The van der Waals surface area contributed by atoms with Crippen molar-refractivity contribution in [3.63, 3.8) is 0 Å². The molecular weight excluding hydrogens is 204 g/mol. The summed E-state index contributed by atoms with van der Waals surface area (Å²) in [5.41, 5.74) is 10.2. The molecule has 3 N–H and O–H groups in total. The van der Waals surface area contributed by atoms with E-state index < -0.39 is 0 Å². The molecule has 0 aliphatic heterocycles. The highest BCUT2D eigenvalue weighted by Gasteiger charge is 2.06. The quantitative estimate of drug-likeness (QED) is 0.604. The van der Waals surface area contributed by atoms with Crippen LogP contribution in [0, 0.1) is 12.8 Å². The molecule has 0 atom stereocenters. The van der Waals surface area contributed by atoms with Crippen molar-refractivity contribution >= 4 is 11.6 Å². The van der Waals surface area contributed by atoms with E-state index in [1.807, 2.05) is 26.8 Å². The number of carbonyl (C=O) groups excluding carboxylic acids is 1. The van der Waals surface area contributed by atoms with Gasteiger partial charge in [0.2, 0.25) is 0 Å². The standard InChI is InChI=1S/C12H18N2O2/c1-8(2)7-16-14-12(15)10-5-4-9(3)11(13)6-10/h4-6,8H,7,13H2,1-3H3,(H,14,15). The first-order valence-electron chi connectivity index (χ1n) is 5.29. The average molecular weight is 222 g/mol. The van der Waals surface area contributed by atoms with Crippen LogP contribution in [0.4, 0.5) is 5.69 Å². The fourth-order valence-electron chi connectivity index (χ4n) is 1.11. The predicted molar refractivity (Wildman–Crippen MR) is 63.8 cm³/mol. The van der Waals surface area contributed by atoms with Gasteiger partial charge in [-0.05, 0) is 30.5 Å². The summed E-state index contributed by atoms with van der Waals surface area (Å²) in [7, 11) is 0. The molecular formula is C12H18N2O2. The van der Waals surface area contributed by atoms with Gasteiger partial charge in [0, 0.05) is 11.3 Å². The lowest BCUT2D eigenvalue weighted by molar-refractivity contribution is 0.0209. The van der Waals surface area contributed by atoms with Gasteiger partial charge in [-0.2, -0.15) is 0 Å². The molecule has 0 aliphatic rings. The number of benzene rings is 1. The molecule has 0 radical (unpaired) electrons. The van der Waals surface area contributed by atoms with Crippen molar-refractivity contribution < 1.29 is 9.63 Å². The number of hydrogen-bond acceptors (Lipinski definition) is 3. The largest absolute Gasteiger partial charge is 0.398 e. The maximum absolute atomic E-state index is 11.6. The Morgan fingerprint density at radius 1 is 1.50 bits per heavy atom. The van der Waals surface area contributed by atoms with Crippen LogP contribution in [0.3, 0.4) is 0 Å². The summed E-state index contributed by atoms with van der Waals surface area (Å²) in [5, 5.41) is 0. The van der Waals surface area contributed by atoms with E-state index in [9.17, 15) is 4.79 Å². The van der Waals surface area contributed by atoms with E-state index in [0.29, 0.717) is 23.8 Å². The minimum Gasteiger partial charge on any atom is -0.398 e. The van der Waals surface area contributed by atoms with E-state index >= 15 is 0 Å². The van der Waals surface area contributed by atoms with Gasteiger partial charge in [0.1, 0.15) is 0 Å². The first-order chi connectivity index (χ1) is 7.50. The van der Waals surface area contributed by atoms with Crippen LogP contribution < -0.4 is 11.2 Å². The van der Waals surface area contributed by atoms with Crippen LogP contribution in [0.5, 0.6) is 0 Å². The van der Waals surface area contributed by atoms with Gasteiger partial charge in [-0.25, -0.2) is 5.48 Å². The highest BCUT2D eigenvalue weighted by atomic mass is 16.6. The maximum Gasteiger partial charge on any atom is 0.274 e. The minimum absolute atomic E-state index is 0.271. The van der Waals surface area contributed by atoms with Crippen molar-refractivity contribution in [2.75, 3.05) is 12.3 Å². The average Bonchev–Trinajstić information content (AvgIpc) is 2.21. The topological polar surface area (TPSA) is 64.3 Å². The van der Waals surface area contributed by atoms with E-state index in [4.69, 9.17) is 10.6 Å². The first kappa shape index (κ1) is 12.5. The molecule has 0 saturated carbocycles. The third-order valence-corrected chi connectivity index (χ3v) is 2.12. The van der Waals surface area contributed by atoms with Crippen LogP contribution >= 0.6 is 0 Å². The van der Waals surface area contributed by atoms with Crippen molar-refractivity contribution in [2.24, 2.45) is 5.92 Å². The first-order valence-corrected chi connectivity index (χ1v) is 5.29. The van der Waals surface area contributed by atoms with Gasteiger partial charge in [-0.15, -0.1) is 0 Å². The van der Waals surface area contributed by atoms with Gasteiger partial charge in [0.15, 0.2) is 0 Å². The second-order valence-electron chi connectivity index (χ2n) is 4.21. The summed E-state index contributed by atoms with van der Waals surface area (Å²) in [5.74, 6) is 0.107. The normalized spacial score (nSPS) is 10.5. The van der Waals surface area contributed by atoms with Gasteiger partial charge in [0.05, 0.1) is 6.61 Å². The molecule has 16 heavy (non-hydrogen) atoms. The van der Waals surface area contributed by atoms with E-state index in [2.05, 4.69) is 5.48 Å². The van der Waals surface area contributed by atoms with E-state index in [0.717, 1.165) is 5.56 Å². The van der Waals surface area contributed by atoms with E-state index in [-0.39, 0.29) is 5.91 Å². The van der Waals surface area contributed by atoms with E-state index in [1.165, 1.54) is 0 Å². The second kappa shape index (κ2) is 5.51. The number of nitrogens with one attached hydrogen (secondary N) is 1. The van der Waals surface area contributed by atoms with Crippen LogP contribution in [0.25, 0.3) is 0 Å². The lowest BCUT2D eigenvalue weighted by Crippen LogP contribution is -2.25. The number of anilines is 1. The second-order valence-corrected chi connectivity index (χ2v) is 4.21. The molecule has 0 aromatic heterocycles. The molecule has 0 aliphatic carbocycles. The Kier molecular flexibility index (Phi) is 4.31. The van der Waals surface area contributed by atoms with Gasteiger partial charge in [-0.3, -0.25) is 9.63 Å². The molecule has 0 bridgehead atoms. The molecule has 1 amide bonds. The zero-order valence-corrected chi connectivity index (χ0v) is 9.91. The van der Waals surface area contributed by atoms with E-state index in [1.54, 1.807) is 12.1 Å². The molecule has 0 fully saturated rings. The molecule has 0 heterocycles. The van der Waals surface area contributed by atoms with Crippen LogP contribution in [-0.2, 0) is 4.84 Å². The van der Waals surface area contributed by atoms with Gasteiger partial charge < -0.3 is 5.73 Å². The van der Waals surface area contributed by atoms with Crippen LogP contribution in [-0.4, -0.2) is 12.5 Å². The molecule has 4 heteroatoms. The summed E-state index contributed by atoms with van der Waals surface area (Å²) < 4.78 is 0. The minimum atomic E-state index is -0.271. The van der Waals surface area contributed by atoms with Crippen LogP contribution in [0.15, 0.2) is 18.2 Å².